The average Bonchev–Trinajstić information content (AvgIpc) is 3.15. The lowest BCUT2D eigenvalue weighted by Crippen LogP contribution is -2.47. The number of nitrogens with zero attached hydrogens (tertiary/aromatic N) is 4. The number of carbonyl (C=O) groups is 1. The third kappa shape index (κ3) is 4.42. The lowest BCUT2D eigenvalue weighted by atomic mass is 10.0. The van der Waals surface area contributed by atoms with Crippen LogP contribution < -0.4 is 10.6 Å². The summed E-state index contributed by atoms with van der Waals surface area (Å²) in [6.07, 6.45) is 7.10. The molecule has 3 atom stereocenters. The van der Waals surface area contributed by atoms with Crippen LogP contribution >= 0.6 is 0 Å². The summed E-state index contributed by atoms with van der Waals surface area (Å²) in [5.74, 6) is 0.527. The quantitative estimate of drug-likeness (QED) is 0.830. The van der Waals surface area contributed by atoms with Crippen LogP contribution in [0.3, 0.4) is 0 Å². The van der Waals surface area contributed by atoms with Gasteiger partial charge < -0.3 is 20.3 Å². The third-order valence-electron chi connectivity index (χ3n) is 4.67. The molecule has 0 aliphatic carbocycles. The predicted molar refractivity (Wildman–Crippen MR) is 85.0 cm³/mol. The summed E-state index contributed by atoms with van der Waals surface area (Å²) >= 11 is 0. The molecule has 2 saturated heterocycles. The number of aromatic nitrogens is 3. The first-order chi connectivity index (χ1) is 11.2. The summed E-state index contributed by atoms with van der Waals surface area (Å²) in [7, 11) is 2.15. The maximum absolute atomic E-state index is 12.2. The lowest BCUT2D eigenvalue weighted by Gasteiger charge is -2.22. The second-order valence-corrected chi connectivity index (χ2v) is 6.57. The zero-order valence-electron chi connectivity index (χ0n) is 13.6. The van der Waals surface area contributed by atoms with E-state index in [0.29, 0.717) is 19.1 Å². The summed E-state index contributed by atoms with van der Waals surface area (Å²) in [6.45, 7) is 3.97. The Morgan fingerprint density at radius 1 is 1.39 bits per heavy atom. The molecule has 0 radical (unpaired) electrons. The van der Waals surface area contributed by atoms with Gasteiger partial charge in [0.15, 0.2) is 0 Å². The van der Waals surface area contributed by atoms with Crippen molar-refractivity contribution in [2.75, 3.05) is 39.9 Å². The molecule has 1 aromatic rings. The number of hydrogen-bond donors (Lipinski definition) is 2. The van der Waals surface area contributed by atoms with Crippen LogP contribution in [0.15, 0.2) is 12.4 Å². The van der Waals surface area contributed by atoms with Crippen LogP contribution in [0.1, 0.15) is 25.3 Å². The van der Waals surface area contributed by atoms with Gasteiger partial charge in [-0.3, -0.25) is 0 Å². The maximum atomic E-state index is 12.2. The minimum Gasteiger partial charge on any atom is -0.377 e. The minimum atomic E-state index is -0.127. The summed E-state index contributed by atoms with van der Waals surface area (Å²) in [6, 6.07) is -0.196. The standard InChI is InChI=1S/C15H26N6O2/c1-20-6-3-2-4-12(9-20)8-16-15(22)18-13-10-23-11-14(13)21-7-5-17-19-21/h5,7,12-14H,2-4,6,8-11H2,1H3,(H2,16,18,22)/t12?,13-,14+/m0/s1. The molecule has 0 aromatic carbocycles. The van der Waals surface area contributed by atoms with Crippen LogP contribution in [0.2, 0.25) is 0 Å². The first-order valence-electron chi connectivity index (χ1n) is 8.39. The number of amides is 2. The zero-order valence-corrected chi connectivity index (χ0v) is 13.6. The van der Waals surface area contributed by atoms with Crippen molar-refractivity contribution in [3.8, 4) is 0 Å². The molecule has 2 fully saturated rings. The van der Waals surface area contributed by atoms with E-state index in [4.69, 9.17) is 4.74 Å². The molecular formula is C15H26N6O2. The second kappa shape index (κ2) is 7.74. The van der Waals surface area contributed by atoms with Gasteiger partial charge in [-0.1, -0.05) is 11.6 Å². The summed E-state index contributed by atoms with van der Waals surface area (Å²) < 4.78 is 7.23. The van der Waals surface area contributed by atoms with Crippen molar-refractivity contribution in [1.29, 1.82) is 0 Å². The van der Waals surface area contributed by atoms with E-state index in [1.165, 1.54) is 19.3 Å². The molecule has 8 heteroatoms. The predicted octanol–water partition coefficient (Wildman–Crippen LogP) is 0.249. The van der Waals surface area contributed by atoms with Gasteiger partial charge in [-0.25, -0.2) is 9.48 Å². The number of likely N-dealkylation sites (tertiary alicyclic amines) is 1. The number of urea groups is 1. The van der Waals surface area contributed by atoms with Crippen LogP contribution in [0.25, 0.3) is 0 Å². The highest BCUT2D eigenvalue weighted by Crippen LogP contribution is 2.18. The monoisotopic (exact) mass is 322 g/mol. The molecule has 8 nitrogen and oxygen atoms in total. The molecule has 2 aliphatic rings. The van der Waals surface area contributed by atoms with Crippen LogP contribution in [-0.4, -0.2) is 71.9 Å². The van der Waals surface area contributed by atoms with E-state index in [2.05, 4.69) is 32.9 Å². The highest BCUT2D eigenvalue weighted by Gasteiger charge is 2.31. The largest absolute Gasteiger partial charge is 0.377 e. The van der Waals surface area contributed by atoms with Crippen molar-refractivity contribution in [1.82, 2.24) is 30.5 Å². The summed E-state index contributed by atoms with van der Waals surface area (Å²) in [5.41, 5.74) is 0. The molecule has 0 spiro atoms. The Hall–Kier alpha value is -1.67. The first-order valence-corrected chi connectivity index (χ1v) is 8.39. The van der Waals surface area contributed by atoms with E-state index in [9.17, 15) is 4.79 Å². The Kier molecular flexibility index (Phi) is 5.45. The molecule has 2 amide bonds. The number of ether oxygens (including phenoxy) is 1. The SMILES string of the molecule is CN1CCCCC(CNC(=O)N[C@H]2COC[C@H]2n2ccnn2)C1. The second-order valence-electron chi connectivity index (χ2n) is 6.57. The van der Waals surface area contributed by atoms with Crippen molar-refractivity contribution in [3.63, 3.8) is 0 Å². The first kappa shape index (κ1) is 16.2. The van der Waals surface area contributed by atoms with Crippen molar-refractivity contribution in [2.45, 2.75) is 31.3 Å². The molecule has 0 saturated carbocycles. The van der Waals surface area contributed by atoms with Crippen molar-refractivity contribution >= 4 is 6.03 Å². The summed E-state index contributed by atoms with van der Waals surface area (Å²) in [5, 5.41) is 13.8. The highest BCUT2D eigenvalue weighted by atomic mass is 16.5. The smallest absolute Gasteiger partial charge is 0.315 e. The Bertz CT molecular complexity index is 494. The average molecular weight is 322 g/mol. The molecule has 2 aliphatic heterocycles. The van der Waals surface area contributed by atoms with E-state index in [1.54, 1.807) is 17.1 Å². The van der Waals surface area contributed by atoms with Crippen molar-refractivity contribution in [3.05, 3.63) is 12.4 Å². The fourth-order valence-electron chi connectivity index (χ4n) is 3.40. The minimum absolute atomic E-state index is 0.00673. The van der Waals surface area contributed by atoms with Gasteiger partial charge in [-0.15, -0.1) is 5.10 Å². The normalized spacial score (nSPS) is 29.2. The Balaban J connectivity index is 1.45. The van der Waals surface area contributed by atoms with Gasteiger partial charge in [0.1, 0.15) is 0 Å². The van der Waals surface area contributed by atoms with Crippen LogP contribution in [0, 0.1) is 5.92 Å². The molecule has 1 aromatic heterocycles. The Labute approximate surface area is 136 Å². The van der Waals surface area contributed by atoms with Gasteiger partial charge in [0.05, 0.1) is 31.5 Å². The van der Waals surface area contributed by atoms with Crippen LogP contribution in [0.5, 0.6) is 0 Å². The fraction of sp³-hybridized carbons (Fsp3) is 0.800. The van der Waals surface area contributed by atoms with Crippen molar-refractivity contribution < 1.29 is 9.53 Å². The molecule has 23 heavy (non-hydrogen) atoms. The number of hydrogen-bond acceptors (Lipinski definition) is 5. The number of rotatable bonds is 4. The van der Waals surface area contributed by atoms with E-state index in [-0.39, 0.29) is 18.1 Å². The molecule has 2 N–H and O–H groups in total. The van der Waals surface area contributed by atoms with E-state index in [1.807, 2.05) is 0 Å². The molecule has 3 heterocycles. The van der Waals surface area contributed by atoms with E-state index < -0.39 is 0 Å². The Morgan fingerprint density at radius 2 is 2.30 bits per heavy atom. The van der Waals surface area contributed by atoms with E-state index >= 15 is 0 Å². The van der Waals surface area contributed by atoms with Gasteiger partial charge in [-0.05, 0) is 32.4 Å². The molecule has 3 rings (SSSR count). The molecular weight excluding hydrogens is 296 g/mol. The van der Waals surface area contributed by atoms with Gasteiger partial charge in [0.25, 0.3) is 0 Å². The maximum Gasteiger partial charge on any atom is 0.315 e. The van der Waals surface area contributed by atoms with Crippen molar-refractivity contribution in [2.24, 2.45) is 5.92 Å². The number of carbonyl (C=O) groups excluding carboxylic acids is 1. The van der Waals surface area contributed by atoms with E-state index in [0.717, 1.165) is 19.6 Å². The number of nitrogens with one attached hydrogen (secondary N) is 2. The van der Waals surface area contributed by atoms with Gasteiger partial charge >= 0.3 is 6.03 Å². The molecule has 0 bridgehead atoms. The molecule has 128 valence electrons. The summed E-state index contributed by atoms with van der Waals surface area (Å²) in [4.78, 5) is 14.5. The van der Waals surface area contributed by atoms with Crippen LogP contribution in [0.4, 0.5) is 4.79 Å². The fourth-order valence-corrected chi connectivity index (χ4v) is 3.40. The van der Waals surface area contributed by atoms with Gasteiger partial charge in [0.2, 0.25) is 0 Å². The topological polar surface area (TPSA) is 84.3 Å². The third-order valence-corrected chi connectivity index (χ3v) is 4.67. The van der Waals surface area contributed by atoms with Crippen LogP contribution in [-0.2, 0) is 4.74 Å². The highest BCUT2D eigenvalue weighted by molar-refractivity contribution is 5.74. The van der Waals surface area contributed by atoms with Gasteiger partial charge in [-0.2, -0.15) is 0 Å². The lowest BCUT2D eigenvalue weighted by molar-refractivity contribution is 0.180. The van der Waals surface area contributed by atoms with Gasteiger partial charge in [0, 0.05) is 19.3 Å². The zero-order chi connectivity index (χ0) is 16.1. The molecule has 1 unspecified atom stereocenters. The Morgan fingerprint density at radius 3 is 3.13 bits per heavy atom.